The van der Waals surface area contributed by atoms with E-state index in [9.17, 15) is 32.9 Å². The molecule has 3 aliphatic rings. The highest BCUT2D eigenvalue weighted by atomic mass is 19.4. The number of ketones is 2. The Hall–Kier alpha value is -4.41. The summed E-state index contributed by atoms with van der Waals surface area (Å²) in [5.41, 5.74) is -0.169. The highest BCUT2D eigenvalue weighted by molar-refractivity contribution is 6.05. The van der Waals surface area contributed by atoms with Gasteiger partial charge in [-0.15, -0.1) is 6.58 Å². The number of carbonyl (C=O) groups is 2. The van der Waals surface area contributed by atoms with Crippen LogP contribution in [0.15, 0.2) is 65.7 Å². The number of benzene rings is 2. The van der Waals surface area contributed by atoms with E-state index in [1.165, 1.54) is 7.11 Å². The van der Waals surface area contributed by atoms with Crippen LogP contribution in [0, 0.1) is 10.1 Å². The van der Waals surface area contributed by atoms with Crippen LogP contribution in [-0.2, 0) is 26.9 Å². The van der Waals surface area contributed by atoms with Gasteiger partial charge in [0.05, 0.1) is 17.6 Å². The maximum absolute atomic E-state index is 13.2. The molecule has 2 aromatic carbocycles. The number of alkyl halides is 3. The lowest BCUT2D eigenvalue weighted by atomic mass is 9.73. The van der Waals surface area contributed by atoms with Crippen LogP contribution in [-0.4, -0.2) is 23.6 Å². The molecule has 1 aliphatic heterocycles. The van der Waals surface area contributed by atoms with Crippen LogP contribution in [0.4, 0.5) is 18.9 Å². The summed E-state index contributed by atoms with van der Waals surface area (Å²) in [5.74, 6) is -0.0339. The predicted molar refractivity (Wildman–Crippen MR) is 141 cm³/mol. The maximum Gasteiger partial charge on any atom is 0.416 e. The zero-order chi connectivity index (χ0) is 29.5. The molecule has 1 heterocycles. The van der Waals surface area contributed by atoms with E-state index in [1.807, 2.05) is 0 Å². The zero-order valence-corrected chi connectivity index (χ0v) is 22.1. The first-order chi connectivity index (χ1) is 19.5. The summed E-state index contributed by atoms with van der Waals surface area (Å²) in [5, 5.41) is 11.7. The van der Waals surface area contributed by atoms with Gasteiger partial charge in [-0.1, -0.05) is 12.1 Å². The lowest BCUT2D eigenvalue weighted by Gasteiger charge is -2.36. The molecular weight excluding hydrogens is 543 g/mol. The van der Waals surface area contributed by atoms with E-state index < -0.39 is 34.0 Å². The van der Waals surface area contributed by atoms with Gasteiger partial charge in [-0.2, -0.15) is 13.2 Å². The molecule has 0 radical (unpaired) electrons. The minimum atomic E-state index is -4.78. The quantitative estimate of drug-likeness (QED) is 0.196. The summed E-state index contributed by atoms with van der Waals surface area (Å²) >= 11 is 0. The molecule has 0 saturated heterocycles. The van der Waals surface area contributed by atoms with Gasteiger partial charge in [0, 0.05) is 54.4 Å². The third kappa shape index (κ3) is 5.23. The number of methoxy groups -OCH3 is 1. The Morgan fingerprint density at radius 3 is 2.20 bits per heavy atom. The van der Waals surface area contributed by atoms with Gasteiger partial charge in [-0.05, 0) is 43.0 Å². The Labute approximate surface area is 233 Å². The Bertz CT molecular complexity index is 1500. The Kier molecular flexibility index (Phi) is 7.46. The minimum Gasteiger partial charge on any atom is -0.493 e. The van der Waals surface area contributed by atoms with Crippen LogP contribution >= 0.6 is 0 Å². The summed E-state index contributed by atoms with van der Waals surface area (Å²) in [6, 6.07) is 5.30. The average molecular weight is 570 g/mol. The Morgan fingerprint density at radius 1 is 1.02 bits per heavy atom. The standard InChI is InChI=1S/C30H26F3NO7/c1-3-6-16-13-17(26-27-20(35)7-4-9-23(27)40-24-10-5-8-21(36)28(24)26)14-25(39-2)29(16)41-22-12-11-18(30(31,32)33)15-19(22)34(37)38/h3,11-15,26H,1,4-10H2,2H3. The van der Waals surface area contributed by atoms with Crippen molar-refractivity contribution in [2.24, 2.45) is 0 Å². The van der Waals surface area contributed by atoms with Crippen LogP contribution in [0.1, 0.15) is 61.1 Å². The maximum atomic E-state index is 13.2. The minimum absolute atomic E-state index is 0.0411. The molecule has 2 aromatic rings. The lowest BCUT2D eigenvalue weighted by molar-refractivity contribution is -0.385. The van der Waals surface area contributed by atoms with E-state index in [2.05, 4.69) is 6.58 Å². The molecule has 0 bridgehead atoms. The first-order valence-electron chi connectivity index (χ1n) is 13.1. The first kappa shape index (κ1) is 28.1. The van der Waals surface area contributed by atoms with E-state index in [0.29, 0.717) is 84.4 Å². The normalized spacial score (nSPS) is 17.6. The Balaban J connectivity index is 1.66. The number of Topliss-reactive ketones (excluding diaryl/α,β-unsaturated/α-hetero) is 2. The molecule has 5 rings (SSSR count). The van der Waals surface area contributed by atoms with E-state index in [1.54, 1.807) is 18.2 Å². The Morgan fingerprint density at radius 2 is 1.66 bits per heavy atom. The number of ether oxygens (including phenoxy) is 3. The molecular formula is C30H26F3NO7. The van der Waals surface area contributed by atoms with Crippen molar-refractivity contribution in [3.63, 3.8) is 0 Å². The number of nitro groups is 1. The second-order valence-corrected chi connectivity index (χ2v) is 10.0. The molecule has 0 saturated carbocycles. The SMILES string of the molecule is C=CCc1cc(C2C3=C(CCCC3=O)OC3=C2C(=O)CCC3)cc(OC)c1Oc1ccc(C(F)(F)F)cc1[N+](=O)[O-]. The average Bonchev–Trinajstić information content (AvgIpc) is 2.92. The number of allylic oxidation sites excluding steroid dienone is 5. The number of rotatable bonds is 7. The molecule has 2 aliphatic carbocycles. The van der Waals surface area contributed by atoms with Crippen molar-refractivity contribution in [2.75, 3.05) is 7.11 Å². The van der Waals surface area contributed by atoms with Crippen molar-refractivity contribution in [1.82, 2.24) is 0 Å². The van der Waals surface area contributed by atoms with Crippen molar-refractivity contribution in [2.45, 2.75) is 57.0 Å². The zero-order valence-electron chi connectivity index (χ0n) is 22.1. The highest BCUT2D eigenvalue weighted by Gasteiger charge is 2.42. The summed E-state index contributed by atoms with van der Waals surface area (Å²) in [6.45, 7) is 3.77. The first-order valence-corrected chi connectivity index (χ1v) is 13.1. The van der Waals surface area contributed by atoms with Gasteiger partial charge < -0.3 is 14.2 Å². The van der Waals surface area contributed by atoms with Crippen molar-refractivity contribution in [3.05, 3.63) is 92.5 Å². The molecule has 0 amide bonds. The largest absolute Gasteiger partial charge is 0.493 e. The second-order valence-electron chi connectivity index (χ2n) is 10.0. The second kappa shape index (κ2) is 10.9. The van der Waals surface area contributed by atoms with Crippen LogP contribution in [0.3, 0.4) is 0 Å². The molecule has 0 N–H and O–H groups in total. The van der Waals surface area contributed by atoms with Gasteiger partial charge in [-0.25, -0.2) is 0 Å². The summed E-state index contributed by atoms with van der Waals surface area (Å²) in [6.07, 6.45) is 0.0377. The fraction of sp³-hybridized carbons (Fsp3) is 0.333. The van der Waals surface area contributed by atoms with Gasteiger partial charge in [0.1, 0.15) is 11.5 Å². The monoisotopic (exact) mass is 569 g/mol. The lowest BCUT2D eigenvalue weighted by Crippen LogP contribution is -2.30. The van der Waals surface area contributed by atoms with E-state index in [4.69, 9.17) is 14.2 Å². The third-order valence-electron chi connectivity index (χ3n) is 7.41. The summed E-state index contributed by atoms with van der Waals surface area (Å²) in [4.78, 5) is 37.1. The molecule has 0 unspecified atom stereocenters. The molecule has 0 atom stereocenters. The number of hydrogen-bond donors (Lipinski definition) is 0. The van der Waals surface area contributed by atoms with Gasteiger partial charge in [0.2, 0.25) is 5.75 Å². The smallest absolute Gasteiger partial charge is 0.416 e. The van der Waals surface area contributed by atoms with Crippen LogP contribution in [0.2, 0.25) is 0 Å². The van der Waals surface area contributed by atoms with Gasteiger partial charge in [0.15, 0.2) is 23.1 Å². The number of hydrogen-bond acceptors (Lipinski definition) is 7. The van der Waals surface area contributed by atoms with Crippen LogP contribution in [0.5, 0.6) is 17.2 Å². The summed E-state index contributed by atoms with van der Waals surface area (Å²) < 4.78 is 57.3. The number of halogens is 3. The number of carbonyl (C=O) groups excluding carboxylic acids is 2. The fourth-order valence-electron chi connectivity index (χ4n) is 5.61. The van der Waals surface area contributed by atoms with Crippen molar-refractivity contribution in [3.8, 4) is 17.2 Å². The van der Waals surface area contributed by atoms with Gasteiger partial charge >= 0.3 is 11.9 Å². The van der Waals surface area contributed by atoms with Gasteiger partial charge in [-0.3, -0.25) is 19.7 Å². The van der Waals surface area contributed by atoms with Crippen LogP contribution < -0.4 is 9.47 Å². The van der Waals surface area contributed by atoms with Crippen molar-refractivity contribution < 1.29 is 41.9 Å². The molecule has 8 nitrogen and oxygen atoms in total. The van der Waals surface area contributed by atoms with Crippen molar-refractivity contribution in [1.29, 1.82) is 0 Å². The summed E-state index contributed by atoms with van der Waals surface area (Å²) in [7, 11) is 1.35. The molecule has 214 valence electrons. The number of nitro benzene ring substituents is 1. The van der Waals surface area contributed by atoms with E-state index >= 15 is 0 Å². The van der Waals surface area contributed by atoms with E-state index in [0.717, 1.165) is 6.07 Å². The molecule has 0 aromatic heterocycles. The van der Waals surface area contributed by atoms with E-state index in [-0.39, 0.29) is 29.5 Å². The fourth-order valence-corrected chi connectivity index (χ4v) is 5.61. The number of nitrogens with zero attached hydrogens (tertiary/aromatic N) is 1. The third-order valence-corrected chi connectivity index (χ3v) is 7.41. The van der Waals surface area contributed by atoms with Crippen LogP contribution in [0.25, 0.3) is 0 Å². The topological polar surface area (TPSA) is 105 Å². The predicted octanol–water partition coefficient (Wildman–Crippen LogP) is 7.27. The molecule has 41 heavy (non-hydrogen) atoms. The molecule has 0 fully saturated rings. The molecule has 0 spiro atoms. The van der Waals surface area contributed by atoms with Crippen molar-refractivity contribution >= 4 is 17.3 Å². The molecule has 11 heteroatoms. The van der Waals surface area contributed by atoms with Gasteiger partial charge in [0.25, 0.3) is 0 Å². The highest BCUT2D eigenvalue weighted by Crippen LogP contribution is 2.50.